The molecule has 172 valence electrons. The first-order valence-corrected chi connectivity index (χ1v) is 10.8. The lowest BCUT2D eigenvalue weighted by Gasteiger charge is -2.46. The van der Waals surface area contributed by atoms with Crippen LogP contribution in [0.2, 0.25) is 0 Å². The molecule has 1 aliphatic heterocycles. The first-order chi connectivity index (χ1) is 15.5. The van der Waals surface area contributed by atoms with Crippen molar-refractivity contribution < 1.29 is 28.3 Å². The molecule has 1 aromatic carbocycles. The molecule has 1 aromatic heterocycles. The molecular weight excluding hydrogens is 416 g/mol. The molecule has 2 aliphatic rings. The number of benzene rings is 1. The third-order valence-corrected chi connectivity index (χ3v) is 6.20. The summed E-state index contributed by atoms with van der Waals surface area (Å²) < 4.78 is 21.6. The van der Waals surface area contributed by atoms with Gasteiger partial charge in [-0.05, 0) is 31.9 Å². The van der Waals surface area contributed by atoms with Crippen molar-refractivity contribution in [3.05, 3.63) is 18.0 Å². The molecule has 0 bridgehead atoms. The summed E-state index contributed by atoms with van der Waals surface area (Å²) in [4.78, 5) is 33.3. The van der Waals surface area contributed by atoms with E-state index >= 15 is 0 Å². The highest BCUT2D eigenvalue weighted by Gasteiger charge is 2.46. The first-order valence-electron chi connectivity index (χ1n) is 10.8. The molecule has 10 heteroatoms. The van der Waals surface area contributed by atoms with E-state index in [9.17, 15) is 9.59 Å². The standard InChI is InChI=1S/C22H28N4O6/c1-5-25-21(27)14-8-6-7-9-15(14)26(22(25)28)12-18-23-20(24-32-18)13-10-16(29-2)19(31-4)17(11-13)30-3/h10-11,14-15H,5-9,12H2,1-4H3. The molecule has 1 saturated carbocycles. The number of nitrogens with zero attached hydrogens (tertiary/aromatic N) is 4. The molecule has 1 aliphatic carbocycles. The third kappa shape index (κ3) is 3.74. The van der Waals surface area contributed by atoms with Crippen LogP contribution in [-0.2, 0) is 11.3 Å². The minimum atomic E-state index is -0.298. The fourth-order valence-corrected chi connectivity index (χ4v) is 4.63. The fraction of sp³-hybridized carbons (Fsp3) is 0.545. The van der Waals surface area contributed by atoms with Crippen LogP contribution in [0.1, 0.15) is 38.5 Å². The number of carbonyl (C=O) groups is 2. The molecule has 1 saturated heterocycles. The fourth-order valence-electron chi connectivity index (χ4n) is 4.63. The molecular formula is C22H28N4O6. The molecule has 2 unspecified atom stereocenters. The van der Waals surface area contributed by atoms with Crippen molar-refractivity contribution in [2.75, 3.05) is 27.9 Å². The largest absolute Gasteiger partial charge is 0.493 e. The Kier molecular flexibility index (Phi) is 6.20. The van der Waals surface area contributed by atoms with Crippen molar-refractivity contribution in [1.29, 1.82) is 0 Å². The second kappa shape index (κ2) is 9.05. The zero-order valence-corrected chi connectivity index (χ0v) is 18.8. The zero-order valence-electron chi connectivity index (χ0n) is 18.8. The summed E-state index contributed by atoms with van der Waals surface area (Å²) in [5, 5.41) is 4.08. The molecule has 10 nitrogen and oxygen atoms in total. The third-order valence-electron chi connectivity index (χ3n) is 6.20. The molecule has 32 heavy (non-hydrogen) atoms. The molecule has 0 spiro atoms. The molecule has 2 atom stereocenters. The lowest BCUT2D eigenvalue weighted by molar-refractivity contribution is -0.140. The highest BCUT2D eigenvalue weighted by molar-refractivity contribution is 5.98. The van der Waals surface area contributed by atoms with E-state index in [0.717, 1.165) is 25.7 Å². The van der Waals surface area contributed by atoms with Crippen molar-refractivity contribution in [2.24, 2.45) is 5.92 Å². The normalized spacial score (nSPS) is 20.9. The van der Waals surface area contributed by atoms with Crippen LogP contribution in [-0.4, -0.2) is 65.8 Å². The summed E-state index contributed by atoms with van der Waals surface area (Å²) in [6.07, 6.45) is 3.58. The molecule has 2 heterocycles. The van der Waals surface area contributed by atoms with Crippen molar-refractivity contribution in [2.45, 2.75) is 45.2 Å². The van der Waals surface area contributed by atoms with E-state index in [1.165, 1.54) is 26.2 Å². The van der Waals surface area contributed by atoms with Crippen LogP contribution in [0.5, 0.6) is 17.2 Å². The average molecular weight is 444 g/mol. The van der Waals surface area contributed by atoms with Gasteiger partial charge in [0.2, 0.25) is 23.4 Å². The molecule has 2 aromatic rings. The number of amides is 3. The zero-order chi connectivity index (χ0) is 22.8. The Hall–Kier alpha value is -3.30. The van der Waals surface area contributed by atoms with E-state index in [0.29, 0.717) is 41.1 Å². The Balaban J connectivity index is 1.61. The first kappa shape index (κ1) is 21.9. The molecule has 3 amide bonds. The predicted octanol–water partition coefficient (Wildman–Crippen LogP) is 3.11. The Morgan fingerprint density at radius 2 is 1.75 bits per heavy atom. The van der Waals surface area contributed by atoms with Gasteiger partial charge in [0.05, 0.1) is 27.2 Å². The number of fused-ring (bicyclic) bond motifs is 1. The van der Waals surface area contributed by atoms with Gasteiger partial charge in [-0.1, -0.05) is 18.0 Å². The smallest absolute Gasteiger partial charge is 0.327 e. The van der Waals surface area contributed by atoms with E-state index in [1.54, 1.807) is 17.0 Å². The predicted molar refractivity (Wildman–Crippen MR) is 113 cm³/mol. The highest BCUT2D eigenvalue weighted by Crippen LogP contribution is 2.41. The van der Waals surface area contributed by atoms with Gasteiger partial charge < -0.3 is 23.6 Å². The lowest BCUT2D eigenvalue weighted by Crippen LogP contribution is -2.61. The quantitative estimate of drug-likeness (QED) is 0.641. The maximum atomic E-state index is 13.0. The second-order valence-electron chi connectivity index (χ2n) is 7.88. The SMILES string of the molecule is CCN1C(=O)C2CCCCC2N(Cc2nc(-c3cc(OC)c(OC)c(OC)c3)no2)C1=O. The topological polar surface area (TPSA) is 107 Å². The van der Waals surface area contributed by atoms with Crippen molar-refractivity contribution in [3.8, 4) is 28.6 Å². The van der Waals surface area contributed by atoms with Gasteiger partial charge in [-0.25, -0.2) is 4.79 Å². The van der Waals surface area contributed by atoms with Gasteiger partial charge in [0.15, 0.2) is 11.5 Å². The Labute approximate surface area is 186 Å². The summed E-state index contributed by atoms with van der Waals surface area (Å²) in [7, 11) is 4.60. The Bertz CT molecular complexity index is 981. The maximum absolute atomic E-state index is 13.0. The summed E-state index contributed by atoms with van der Waals surface area (Å²) in [5.74, 6) is 1.82. The number of rotatable bonds is 7. The monoisotopic (exact) mass is 444 g/mol. The van der Waals surface area contributed by atoms with Crippen LogP contribution < -0.4 is 14.2 Å². The van der Waals surface area contributed by atoms with E-state index in [1.807, 2.05) is 6.92 Å². The van der Waals surface area contributed by atoms with E-state index in [2.05, 4.69) is 10.1 Å². The molecule has 0 radical (unpaired) electrons. The van der Waals surface area contributed by atoms with Crippen LogP contribution in [0.4, 0.5) is 4.79 Å². The minimum absolute atomic E-state index is 0.0675. The summed E-state index contributed by atoms with van der Waals surface area (Å²) in [5.41, 5.74) is 0.625. The average Bonchev–Trinajstić information content (AvgIpc) is 3.29. The lowest BCUT2D eigenvalue weighted by atomic mass is 9.81. The van der Waals surface area contributed by atoms with E-state index in [4.69, 9.17) is 18.7 Å². The van der Waals surface area contributed by atoms with Gasteiger partial charge in [0.25, 0.3) is 0 Å². The van der Waals surface area contributed by atoms with Crippen LogP contribution >= 0.6 is 0 Å². The number of hydrogen-bond donors (Lipinski definition) is 0. The Morgan fingerprint density at radius 1 is 1.06 bits per heavy atom. The van der Waals surface area contributed by atoms with Gasteiger partial charge >= 0.3 is 6.03 Å². The van der Waals surface area contributed by atoms with Crippen molar-refractivity contribution >= 4 is 11.9 Å². The minimum Gasteiger partial charge on any atom is -0.493 e. The van der Waals surface area contributed by atoms with Crippen LogP contribution in [0.25, 0.3) is 11.4 Å². The number of carbonyl (C=O) groups excluding carboxylic acids is 2. The number of aromatic nitrogens is 2. The van der Waals surface area contributed by atoms with Gasteiger partial charge in [-0.3, -0.25) is 9.69 Å². The van der Waals surface area contributed by atoms with Gasteiger partial charge in [-0.15, -0.1) is 0 Å². The van der Waals surface area contributed by atoms with Crippen molar-refractivity contribution in [3.63, 3.8) is 0 Å². The Morgan fingerprint density at radius 3 is 2.38 bits per heavy atom. The molecule has 0 N–H and O–H groups in total. The summed E-state index contributed by atoms with van der Waals surface area (Å²) in [6, 6.07) is 3.03. The highest BCUT2D eigenvalue weighted by atomic mass is 16.5. The maximum Gasteiger partial charge on any atom is 0.327 e. The number of ether oxygens (including phenoxy) is 3. The second-order valence-corrected chi connectivity index (χ2v) is 7.88. The van der Waals surface area contributed by atoms with E-state index < -0.39 is 0 Å². The van der Waals surface area contributed by atoms with Crippen LogP contribution in [0.3, 0.4) is 0 Å². The van der Waals surface area contributed by atoms with Crippen LogP contribution in [0, 0.1) is 5.92 Å². The molecule has 2 fully saturated rings. The summed E-state index contributed by atoms with van der Waals surface area (Å²) in [6.45, 7) is 2.31. The van der Waals surface area contributed by atoms with Gasteiger partial charge in [-0.2, -0.15) is 4.98 Å². The number of methoxy groups -OCH3 is 3. The number of hydrogen-bond acceptors (Lipinski definition) is 8. The van der Waals surface area contributed by atoms with Crippen LogP contribution in [0.15, 0.2) is 16.7 Å². The van der Waals surface area contributed by atoms with Crippen molar-refractivity contribution in [1.82, 2.24) is 19.9 Å². The van der Waals surface area contributed by atoms with Gasteiger partial charge in [0, 0.05) is 18.2 Å². The summed E-state index contributed by atoms with van der Waals surface area (Å²) >= 11 is 0. The molecule has 4 rings (SSSR count). The van der Waals surface area contributed by atoms with E-state index in [-0.39, 0.29) is 30.4 Å². The number of imide groups is 1. The van der Waals surface area contributed by atoms with Gasteiger partial charge in [0.1, 0.15) is 6.54 Å². The number of urea groups is 1.